The Labute approximate surface area is 132 Å². The summed E-state index contributed by atoms with van der Waals surface area (Å²) in [4.78, 5) is 12.4. The summed E-state index contributed by atoms with van der Waals surface area (Å²) in [7, 11) is 0. The van der Waals surface area contributed by atoms with Crippen LogP contribution in [0.2, 0.25) is 0 Å². The van der Waals surface area contributed by atoms with E-state index in [1.165, 1.54) is 29.5 Å². The SMILES string of the molecule is CC(CNC(=O)c1ccc2c(c1)CCCC2)c1ccccc1. The Balaban J connectivity index is 1.62. The van der Waals surface area contributed by atoms with E-state index in [1.54, 1.807) is 0 Å². The van der Waals surface area contributed by atoms with Gasteiger partial charge in [0.1, 0.15) is 0 Å². The summed E-state index contributed by atoms with van der Waals surface area (Å²) in [6, 6.07) is 16.5. The smallest absolute Gasteiger partial charge is 0.251 e. The number of aryl methyl sites for hydroxylation is 2. The van der Waals surface area contributed by atoms with Gasteiger partial charge in [-0.2, -0.15) is 0 Å². The van der Waals surface area contributed by atoms with Crippen LogP contribution in [0.4, 0.5) is 0 Å². The van der Waals surface area contributed by atoms with Crippen molar-refractivity contribution in [1.82, 2.24) is 5.32 Å². The van der Waals surface area contributed by atoms with Crippen molar-refractivity contribution in [2.24, 2.45) is 0 Å². The van der Waals surface area contributed by atoms with Crippen molar-refractivity contribution >= 4 is 5.91 Å². The topological polar surface area (TPSA) is 29.1 Å². The Bertz CT molecular complexity index is 648. The van der Waals surface area contributed by atoms with Gasteiger partial charge in [-0.25, -0.2) is 0 Å². The standard InChI is InChI=1S/C20H23NO/c1-15(16-7-3-2-4-8-16)14-21-20(22)19-12-11-17-9-5-6-10-18(17)13-19/h2-4,7-8,11-13,15H,5-6,9-10,14H2,1H3,(H,21,22). The van der Waals surface area contributed by atoms with Crippen molar-refractivity contribution in [3.05, 3.63) is 70.8 Å². The predicted molar refractivity (Wildman–Crippen MR) is 90.3 cm³/mol. The van der Waals surface area contributed by atoms with E-state index in [9.17, 15) is 4.79 Å². The van der Waals surface area contributed by atoms with E-state index in [2.05, 4.69) is 36.5 Å². The minimum atomic E-state index is 0.0381. The average molecular weight is 293 g/mol. The molecule has 2 aromatic rings. The highest BCUT2D eigenvalue weighted by Crippen LogP contribution is 2.22. The number of carbonyl (C=O) groups is 1. The maximum atomic E-state index is 12.4. The molecule has 1 N–H and O–H groups in total. The van der Waals surface area contributed by atoms with Gasteiger partial charge in [-0.3, -0.25) is 4.79 Å². The van der Waals surface area contributed by atoms with Gasteiger partial charge in [0.15, 0.2) is 0 Å². The summed E-state index contributed by atoms with van der Waals surface area (Å²) in [5.41, 5.74) is 4.82. The van der Waals surface area contributed by atoms with Crippen LogP contribution in [0.25, 0.3) is 0 Å². The molecule has 0 saturated heterocycles. The second-order valence-corrected chi connectivity index (χ2v) is 6.21. The molecule has 1 atom stereocenters. The van der Waals surface area contributed by atoms with Crippen molar-refractivity contribution in [2.75, 3.05) is 6.54 Å². The molecule has 2 aromatic carbocycles. The number of fused-ring (bicyclic) bond motifs is 1. The summed E-state index contributed by atoms with van der Waals surface area (Å²) in [5, 5.41) is 3.07. The fourth-order valence-electron chi connectivity index (χ4n) is 3.12. The van der Waals surface area contributed by atoms with E-state index in [4.69, 9.17) is 0 Å². The molecule has 0 fully saturated rings. The lowest BCUT2D eigenvalue weighted by atomic mass is 9.90. The molecule has 2 nitrogen and oxygen atoms in total. The number of benzene rings is 2. The molecule has 3 rings (SSSR count). The third-order valence-electron chi connectivity index (χ3n) is 4.55. The number of nitrogens with one attached hydrogen (secondary N) is 1. The zero-order valence-corrected chi connectivity index (χ0v) is 13.1. The third-order valence-corrected chi connectivity index (χ3v) is 4.55. The number of rotatable bonds is 4. The van der Waals surface area contributed by atoms with E-state index < -0.39 is 0 Å². The van der Waals surface area contributed by atoms with Gasteiger partial charge >= 0.3 is 0 Å². The Morgan fingerprint density at radius 1 is 1.05 bits per heavy atom. The van der Waals surface area contributed by atoms with Gasteiger partial charge in [-0.1, -0.05) is 43.3 Å². The van der Waals surface area contributed by atoms with Crippen LogP contribution in [0.15, 0.2) is 48.5 Å². The van der Waals surface area contributed by atoms with Crippen molar-refractivity contribution in [3.63, 3.8) is 0 Å². The molecule has 0 aliphatic heterocycles. The maximum Gasteiger partial charge on any atom is 0.251 e. The molecule has 0 spiro atoms. The second-order valence-electron chi connectivity index (χ2n) is 6.21. The molecular weight excluding hydrogens is 270 g/mol. The van der Waals surface area contributed by atoms with Gasteiger partial charge in [0, 0.05) is 12.1 Å². The molecule has 0 bridgehead atoms. The van der Waals surface area contributed by atoms with Crippen LogP contribution in [-0.4, -0.2) is 12.5 Å². The second kappa shape index (κ2) is 6.78. The highest BCUT2D eigenvalue weighted by atomic mass is 16.1. The Kier molecular flexibility index (Phi) is 4.57. The van der Waals surface area contributed by atoms with Crippen LogP contribution in [0.1, 0.15) is 52.7 Å². The molecule has 2 heteroatoms. The Hall–Kier alpha value is -2.09. The van der Waals surface area contributed by atoms with Crippen LogP contribution in [-0.2, 0) is 12.8 Å². The van der Waals surface area contributed by atoms with Gasteiger partial charge in [-0.05, 0) is 60.4 Å². The maximum absolute atomic E-state index is 12.4. The fourth-order valence-corrected chi connectivity index (χ4v) is 3.12. The first kappa shape index (κ1) is 14.8. The molecule has 0 saturated carbocycles. The summed E-state index contributed by atoms with van der Waals surface area (Å²) < 4.78 is 0. The number of hydrogen-bond donors (Lipinski definition) is 1. The summed E-state index contributed by atoms with van der Waals surface area (Å²) >= 11 is 0. The van der Waals surface area contributed by atoms with E-state index in [0.29, 0.717) is 12.5 Å². The van der Waals surface area contributed by atoms with Crippen molar-refractivity contribution in [1.29, 1.82) is 0 Å². The number of carbonyl (C=O) groups excluding carboxylic acids is 1. The Morgan fingerprint density at radius 3 is 2.55 bits per heavy atom. The fraction of sp³-hybridized carbons (Fsp3) is 0.350. The van der Waals surface area contributed by atoms with E-state index >= 15 is 0 Å². The summed E-state index contributed by atoms with van der Waals surface area (Å²) in [6.07, 6.45) is 4.77. The van der Waals surface area contributed by atoms with Gasteiger partial charge < -0.3 is 5.32 Å². The number of hydrogen-bond acceptors (Lipinski definition) is 1. The first-order valence-corrected chi connectivity index (χ1v) is 8.19. The van der Waals surface area contributed by atoms with Crippen LogP contribution in [0.5, 0.6) is 0 Å². The minimum Gasteiger partial charge on any atom is -0.351 e. The van der Waals surface area contributed by atoms with E-state index in [0.717, 1.165) is 18.4 Å². The molecule has 0 heterocycles. The quantitative estimate of drug-likeness (QED) is 0.903. The normalized spacial score (nSPS) is 15.0. The van der Waals surface area contributed by atoms with Gasteiger partial charge in [0.2, 0.25) is 0 Å². The average Bonchev–Trinajstić information content (AvgIpc) is 2.59. The van der Waals surface area contributed by atoms with Crippen LogP contribution >= 0.6 is 0 Å². The van der Waals surface area contributed by atoms with Gasteiger partial charge in [0.25, 0.3) is 5.91 Å². The first-order valence-electron chi connectivity index (χ1n) is 8.19. The number of amides is 1. The van der Waals surface area contributed by atoms with Crippen molar-refractivity contribution in [3.8, 4) is 0 Å². The largest absolute Gasteiger partial charge is 0.351 e. The lowest BCUT2D eigenvalue weighted by Crippen LogP contribution is -2.27. The Morgan fingerprint density at radius 2 is 1.77 bits per heavy atom. The molecule has 1 aliphatic rings. The predicted octanol–water partition coefficient (Wildman–Crippen LogP) is 4.10. The van der Waals surface area contributed by atoms with Crippen LogP contribution in [0.3, 0.4) is 0 Å². The zero-order chi connectivity index (χ0) is 15.4. The lowest BCUT2D eigenvalue weighted by Gasteiger charge is -2.17. The molecule has 1 aliphatic carbocycles. The molecule has 114 valence electrons. The van der Waals surface area contributed by atoms with E-state index in [1.807, 2.05) is 24.3 Å². The van der Waals surface area contributed by atoms with Crippen molar-refractivity contribution in [2.45, 2.75) is 38.5 Å². The highest BCUT2D eigenvalue weighted by Gasteiger charge is 2.13. The lowest BCUT2D eigenvalue weighted by molar-refractivity contribution is 0.0951. The summed E-state index contributed by atoms with van der Waals surface area (Å²) in [6.45, 7) is 2.81. The molecule has 1 amide bonds. The zero-order valence-electron chi connectivity index (χ0n) is 13.1. The first-order chi connectivity index (χ1) is 10.7. The van der Waals surface area contributed by atoms with Crippen LogP contribution < -0.4 is 5.32 Å². The molecule has 1 unspecified atom stereocenters. The third kappa shape index (κ3) is 3.38. The highest BCUT2D eigenvalue weighted by molar-refractivity contribution is 5.94. The van der Waals surface area contributed by atoms with Crippen molar-refractivity contribution < 1.29 is 4.79 Å². The monoisotopic (exact) mass is 293 g/mol. The molecule has 0 radical (unpaired) electrons. The molecule has 22 heavy (non-hydrogen) atoms. The molecule has 0 aromatic heterocycles. The van der Waals surface area contributed by atoms with Gasteiger partial charge in [0.05, 0.1) is 0 Å². The molecular formula is C20H23NO. The summed E-state index contributed by atoms with van der Waals surface area (Å²) in [5.74, 6) is 0.360. The van der Waals surface area contributed by atoms with E-state index in [-0.39, 0.29) is 5.91 Å². The minimum absolute atomic E-state index is 0.0381. The van der Waals surface area contributed by atoms with Crippen LogP contribution in [0, 0.1) is 0 Å². The van der Waals surface area contributed by atoms with Gasteiger partial charge in [-0.15, -0.1) is 0 Å².